The lowest BCUT2D eigenvalue weighted by Crippen LogP contribution is -2.38. The van der Waals surface area contributed by atoms with Crippen LogP contribution in [0.2, 0.25) is 0 Å². The summed E-state index contributed by atoms with van der Waals surface area (Å²) in [5.74, 6) is -1.64. The van der Waals surface area contributed by atoms with E-state index in [1.807, 2.05) is 0 Å². The van der Waals surface area contributed by atoms with Crippen molar-refractivity contribution in [3.05, 3.63) is 30.3 Å². The molecule has 0 bridgehead atoms. The third-order valence-corrected chi connectivity index (χ3v) is 2.24. The monoisotopic (exact) mass is 237 g/mol. The molecule has 1 N–H and O–H groups in total. The summed E-state index contributed by atoms with van der Waals surface area (Å²) in [6.07, 6.45) is -2.13. The van der Waals surface area contributed by atoms with Gasteiger partial charge in [-0.15, -0.1) is 0 Å². The van der Waals surface area contributed by atoms with Crippen molar-refractivity contribution in [1.82, 2.24) is 0 Å². The number of hydrogen-bond donors (Lipinski definition) is 1. The summed E-state index contributed by atoms with van der Waals surface area (Å²) in [6, 6.07) is 8.48. The highest BCUT2D eigenvalue weighted by Crippen LogP contribution is 2.19. The van der Waals surface area contributed by atoms with Crippen molar-refractivity contribution in [2.45, 2.75) is 26.9 Å². The van der Waals surface area contributed by atoms with E-state index in [1.165, 1.54) is 0 Å². The van der Waals surface area contributed by atoms with Crippen LogP contribution in [0.3, 0.4) is 0 Å². The first-order valence-electron chi connectivity index (χ1n) is 5.36. The summed E-state index contributed by atoms with van der Waals surface area (Å²) in [6.45, 7) is 4.74. The number of halogens is 1. The molecule has 1 unspecified atom stereocenters. The van der Waals surface area contributed by atoms with Gasteiger partial charge < -0.3 is 5.32 Å². The van der Waals surface area contributed by atoms with Gasteiger partial charge in [0.2, 0.25) is 6.17 Å². The number of nitrogens with one attached hydrogen (secondary N) is 1. The number of anilines is 1. The number of carbonyl (C=O) groups is 2. The van der Waals surface area contributed by atoms with Gasteiger partial charge in [-0.2, -0.15) is 0 Å². The SMILES string of the molecule is CC(C)(C)C(=O)C(F)C(=O)Nc1ccccc1. The summed E-state index contributed by atoms with van der Waals surface area (Å²) in [7, 11) is 0. The van der Waals surface area contributed by atoms with Crippen LogP contribution in [-0.2, 0) is 9.59 Å². The average molecular weight is 237 g/mol. The lowest BCUT2D eigenvalue weighted by molar-refractivity contribution is -0.137. The number of ketones is 1. The Morgan fingerprint density at radius 2 is 1.71 bits per heavy atom. The Bertz CT molecular complexity index is 409. The number of para-hydroxylation sites is 1. The molecule has 0 aliphatic carbocycles. The minimum Gasteiger partial charge on any atom is -0.323 e. The quantitative estimate of drug-likeness (QED) is 0.821. The van der Waals surface area contributed by atoms with Gasteiger partial charge >= 0.3 is 0 Å². The van der Waals surface area contributed by atoms with Crippen molar-refractivity contribution < 1.29 is 14.0 Å². The molecule has 0 heterocycles. The summed E-state index contributed by atoms with van der Waals surface area (Å²) in [4.78, 5) is 23.1. The van der Waals surface area contributed by atoms with E-state index in [9.17, 15) is 14.0 Å². The van der Waals surface area contributed by atoms with Crippen molar-refractivity contribution in [2.75, 3.05) is 5.32 Å². The maximum atomic E-state index is 13.6. The average Bonchev–Trinajstić information content (AvgIpc) is 2.27. The Morgan fingerprint density at radius 1 is 1.18 bits per heavy atom. The van der Waals surface area contributed by atoms with Gasteiger partial charge in [0.1, 0.15) is 0 Å². The second-order valence-electron chi connectivity index (χ2n) is 4.83. The van der Waals surface area contributed by atoms with Gasteiger partial charge in [-0.25, -0.2) is 4.39 Å². The summed E-state index contributed by atoms with van der Waals surface area (Å²) in [5, 5.41) is 2.36. The number of rotatable bonds is 3. The molecular weight excluding hydrogens is 221 g/mol. The third-order valence-electron chi connectivity index (χ3n) is 2.24. The zero-order chi connectivity index (χ0) is 13.1. The van der Waals surface area contributed by atoms with Crippen LogP contribution in [0.25, 0.3) is 0 Å². The zero-order valence-corrected chi connectivity index (χ0v) is 10.2. The molecule has 4 heteroatoms. The van der Waals surface area contributed by atoms with Crippen molar-refractivity contribution in [3.63, 3.8) is 0 Å². The lowest BCUT2D eigenvalue weighted by atomic mass is 9.88. The lowest BCUT2D eigenvalue weighted by Gasteiger charge is -2.18. The highest BCUT2D eigenvalue weighted by atomic mass is 19.1. The van der Waals surface area contributed by atoms with Crippen molar-refractivity contribution in [3.8, 4) is 0 Å². The van der Waals surface area contributed by atoms with Gasteiger partial charge in [0.25, 0.3) is 5.91 Å². The normalized spacial score (nSPS) is 12.9. The van der Waals surface area contributed by atoms with Crippen LogP contribution in [-0.4, -0.2) is 17.9 Å². The Hall–Kier alpha value is -1.71. The first-order valence-corrected chi connectivity index (χ1v) is 5.36. The fourth-order valence-corrected chi connectivity index (χ4v) is 1.23. The second-order valence-corrected chi connectivity index (χ2v) is 4.83. The van der Waals surface area contributed by atoms with E-state index in [0.29, 0.717) is 5.69 Å². The van der Waals surface area contributed by atoms with E-state index in [0.717, 1.165) is 0 Å². The van der Waals surface area contributed by atoms with E-state index in [-0.39, 0.29) is 0 Å². The predicted molar refractivity (Wildman–Crippen MR) is 64.4 cm³/mol. The number of amides is 1. The van der Waals surface area contributed by atoms with Crippen LogP contribution >= 0.6 is 0 Å². The highest BCUT2D eigenvalue weighted by Gasteiger charge is 2.34. The molecule has 0 radical (unpaired) electrons. The molecule has 92 valence electrons. The standard InChI is InChI=1S/C13H16FNO2/c1-13(2,3)11(16)10(14)12(17)15-9-7-5-4-6-8-9/h4-8,10H,1-3H3,(H,15,17). The van der Waals surface area contributed by atoms with E-state index in [1.54, 1.807) is 51.1 Å². The van der Waals surface area contributed by atoms with Crippen LogP contribution in [0.5, 0.6) is 0 Å². The Kier molecular flexibility index (Phi) is 3.99. The summed E-state index contributed by atoms with van der Waals surface area (Å²) >= 11 is 0. The number of alkyl halides is 1. The van der Waals surface area contributed by atoms with Crippen LogP contribution in [0.4, 0.5) is 10.1 Å². The van der Waals surface area contributed by atoms with Gasteiger partial charge in [-0.1, -0.05) is 39.0 Å². The molecule has 3 nitrogen and oxygen atoms in total. The highest BCUT2D eigenvalue weighted by molar-refractivity contribution is 6.11. The first kappa shape index (κ1) is 13.4. The second kappa shape index (κ2) is 5.08. The third kappa shape index (κ3) is 3.66. The van der Waals surface area contributed by atoms with Crippen molar-refractivity contribution >= 4 is 17.4 Å². The van der Waals surface area contributed by atoms with Crippen LogP contribution in [0.15, 0.2) is 30.3 Å². The number of carbonyl (C=O) groups excluding carboxylic acids is 2. The van der Waals surface area contributed by atoms with Gasteiger partial charge in [0.15, 0.2) is 5.78 Å². The van der Waals surface area contributed by atoms with Crippen molar-refractivity contribution in [1.29, 1.82) is 0 Å². The molecule has 1 amide bonds. The molecule has 0 aromatic heterocycles. The fraction of sp³-hybridized carbons (Fsp3) is 0.385. The topological polar surface area (TPSA) is 46.2 Å². The van der Waals surface area contributed by atoms with Gasteiger partial charge in [0.05, 0.1) is 0 Å². The molecule has 0 saturated heterocycles. The zero-order valence-electron chi connectivity index (χ0n) is 10.2. The smallest absolute Gasteiger partial charge is 0.266 e. The minimum absolute atomic E-state index is 0.474. The van der Waals surface area contributed by atoms with Crippen LogP contribution < -0.4 is 5.32 Å². The molecule has 0 aliphatic heterocycles. The summed E-state index contributed by atoms with van der Waals surface area (Å²) in [5.41, 5.74) is -0.394. The fourth-order valence-electron chi connectivity index (χ4n) is 1.23. The molecule has 0 fully saturated rings. The molecule has 0 aliphatic rings. The molecule has 17 heavy (non-hydrogen) atoms. The largest absolute Gasteiger partial charge is 0.323 e. The van der Waals surface area contributed by atoms with E-state index >= 15 is 0 Å². The van der Waals surface area contributed by atoms with Crippen LogP contribution in [0, 0.1) is 5.41 Å². The first-order chi connectivity index (χ1) is 7.82. The molecular formula is C13H16FNO2. The maximum absolute atomic E-state index is 13.6. The maximum Gasteiger partial charge on any atom is 0.266 e. The van der Waals surface area contributed by atoms with E-state index < -0.39 is 23.3 Å². The van der Waals surface area contributed by atoms with Gasteiger partial charge in [-0.05, 0) is 12.1 Å². The summed E-state index contributed by atoms with van der Waals surface area (Å²) < 4.78 is 13.6. The van der Waals surface area contributed by atoms with Crippen LogP contribution in [0.1, 0.15) is 20.8 Å². The van der Waals surface area contributed by atoms with E-state index in [2.05, 4.69) is 5.32 Å². The molecule has 0 spiro atoms. The van der Waals surface area contributed by atoms with Crippen molar-refractivity contribution in [2.24, 2.45) is 5.41 Å². The number of benzene rings is 1. The molecule has 1 atom stereocenters. The Morgan fingerprint density at radius 3 is 2.18 bits per heavy atom. The predicted octanol–water partition coefficient (Wildman–Crippen LogP) is 2.58. The number of Topliss-reactive ketones (excluding diaryl/α,β-unsaturated/α-hetero) is 1. The molecule has 1 aromatic rings. The molecule has 1 aromatic carbocycles. The van der Waals surface area contributed by atoms with E-state index in [4.69, 9.17) is 0 Å². The number of hydrogen-bond acceptors (Lipinski definition) is 2. The Balaban J connectivity index is 2.69. The molecule has 0 saturated carbocycles. The van der Waals surface area contributed by atoms with Gasteiger partial charge in [-0.3, -0.25) is 9.59 Å². The van der Waals surface area contributed by atoms with Gasteiger partial charge in [0, 0.05) is 11.1 Å². The Labute approximate surface area is 100 Å². The molecule has 1 rings (SSSR count). The minimum atomic E-state index is -2.13.